The molecule has 1 aliphatic carbocycles. The van der Waals surface area contributed by atoms with Crippen LogP contribution in [0.4, 0.5) is 0 Å². The van der Waals surface area contributed by atoms with E-state index in [4.69, 9.17) is 0 Å². The molecule has 0 radical (unpaired) electrons. The summed E-state index contributed by atoms with van der Waals surface area (Å²) >= 11 is 0. The normalized spacial score (nSPS) is 28.6. The van der Waals surface area contributed by atoms with Gasteiger partial charge in [-0.05, 0) is 55.6 Å². The molecule has 3 fully saturated rings. The summed E-state index contributed by atoms with van der Waals surface area (Å²) in [5.41, 5.74) is 1.90. The van der Waals surface area contributed by atoms with E-state index < -0.39 is 12.1 Å². The van der Waals surface area contributed by atoms with Crippen molar-refractivity contribution < 1.29 is 19.2 Å². The lowest BCUT2D eigenvalue weighted by Crippen LogP contribution is -2.55. The zero-order valence-corrected chi connectivity index (χ0v) is 23.9. The van der Waals surface area contributed by atoms with Crippen LogP contribution in [0.5, 0.6) is 0 Å². The van der Waals surface area contributed by atoms with Crippen LogP contribution in [0.15, 0.2) is 30.5 Å². The second-order valence-corrected chi connectivity index (χ2v) is 12.5. The van der Waals surface area contributed by atoms with E-state index in [1.807, 2.05) is 37.4 Å². The molecule has 0 spiro atoms. The summed E-state index contributed by atoms with van der Waals surface area (Å²) < 4.78 is 0. The van der Waals surface area contributed by atoms with Crippen molar-refractivity contribution in [3.63, 3.8) is 0 Å². The molecule has 5 atom stereocenters. The van der Waals surface area contributed by atoms with Crippen molar-refractivity contribution in [2.24, 2.45) is 17.8 Å². The first-order valence-electron chi connectivity index (χ1n) is 14.9. The zero-order chi connectivity index (χ0) is 28.4. The number of benzene rings is 1. The molecule has 3 aliphatic rings. The third kappa shape index (κ3) is 6.18. The summed E-state index contributed by atoms with van der Waals surface area (Å²) in [6.45, 7) is 6.45. The van der Waals surface area contributed by atoms with Crippen molar-refractivity contribution in [1.29, 1.82) is 0 Å². The van der Waals surface area contributed by atoms with Crippen LogP contribution >= 0.6 is 0 Å². The fourth-order valence-electron chi connectivity index (χ4n) is 6.33. The fraction of sp³-hybridized carbons (Fsp3) is 0.613. The van der Waals surface area contributed by atoms with Crippen molar-refractivity contribution in [3.8, 4) is 0 Å². The number of carbonyl (C=O) groups excluding carboxylic acids is 4. The number of hydrogen-bond donors (Lipinski definition) is 4. The lowest BCUT2D eigenvalue weighted by molar-refractivity contribution is -0.141. The SMILES string of the molecule is CC(C)[C@@H]1CC[C@@H](C)CC(=O)N[C@H](Cc2c[nH]c3ccccc23)C(=O)N2C[C@H](NC(=O)C3CCC3)C[C@H]2C(=O)N1. The average molecular weight is 550 g/mol. The first-order valence-corrected chi connectivity index (χ1v) is 14.9. The fourth-order valence-corrected chi connectivity index (χ4v) is 6.33. The van der Waals surface area contributed by atoms with Gasteiger partial charge in [0.1, 0.15) is 12.1 Å². The van der Waals surface area contributed by atoms with Crippen LogP contribution in [-0.4, -0.2) is 64.2 Å². The number of carbonyl (C=O) groups is 4. The average Bonchev–Trinajstić information content (AvgIpc) is 3.48. The number of nitrogens with zero attached hydrogens (tertiary/aromatic N) is 1. The Kier molecular flexibility index (Phi) is 8.47. The molecule has 0 bridgehead atoms. The van der Waals surface area contributed by atoms with Gasteiger partial charge in [-0.25, -0.2) is 0 Å². The van der Waals surface area contributed by atoms with Crippen LogP contribution in [0.1, 0.15) is 71.3 Å². The minimum atomic E-state index is -0.822. The largest absolute Gasteiger partial charge is 0.361 e. The minimum absolute atomic E-state index is 0.0109. The molecule has 1 saturated carbocycles. The van der Waals surface area contributed by atoms with Crippen LogP contribution in [0.2, 0.25) is 0 Å². The molecule has 0 unspecified atom stereocenters. The van der Waals surface area contributed by atoms with Crippen molar-refractivity contribution in [2.75, 3.05) is 6.54 Å². The number of H-pyrrole nitrogens is 1. The first-order chi connectivity index (χ1) is 19.2. The van der Waals surface area contributed by atoms with Gasteiger partial charge in [0.25, 0.3) is 0 Å². The van der Waals surface area contributed by atoms with E-state index in [9.17, 15) is 19.2 Å². The summed E-state index contributed by atoms with van der Waals surface area (Å²) in [5, 5.41) is 10.4. The molecule has 2 saturated heterocycles. The van der Waals surface area contributed by atoms with Crippen LogP contribution in [-0.2, 0) is 25.6 Å². The third-order valence-electron chi connectivity index (χ3n) is 9.08. The van der Waals surface area contributed by atoms with Crippen LogP contribution in [0.25, 0.3) is 10.9 Å². The number of rotatable bonds is 5. The Hall–Kier alpha value is -3.36. The highest BCUT2D eigenvalue weighted by Gasteiger charge is 2.44. The molecule has 40 heavy (non-hydrogen) atoms. The number of aromatic nitrogens is 1. The summed E-state index contributed by atoms with van der Waals surface area (Å²) in [5.74, 6) is -0.259. The molecule has 1 aromatic carbocycles. The standard InChI is InChI=1S/C31H43N5O4/c1-18(2)24-12-11-19(3)13-28(37)34-26(14-21-16-32-25-10-5-4-9-23(21)25)31(40)36-17-22(15-27(36)30(39)35-24)33-29(38)20-7-6-8-20/h4-5,9-10,16,18-20,22,24,26-27,32H,6-8,11-15,17H2,1-3H3,(H,33,38)(H,34,37)(H,35,39)/t19-,22-,24+,26-,27+/m1/s1. The maximum Gasteiger partial charge on any atom is 0.246 e. The number of fused-ring (bicyclic) bond motifs is 2. The highest BCUT2D eigenvalue weighted by molar-refractivity contribution is 5.94. The zero-order valence-electron chi connectivity index (χ0n) is 23.9. The smallest absolute Gasteiger partial charge is 0.246 e. The molecule has 5 rings (SSSR count). The molecule has 2 aromatic rings. The Bertz CT molecular complexity index is 1250. The molecule has 1 aromatic heterocycles. The molecule has 4 N–H and O–H groups in total. The van der Waals surface area contributed by atoms with Crippen LogP contribution < -0.4 is 16.0 Å². The molecule has 216 valence electrons. The van der Waals surface area contributed by atoms with Gasteiger partial charge in [-0.1, -0.05) is 45.4 Å². The Labute approximate surface area is 236 Å². The summed E-state index contributed by atoms with van der Waals surface area (Å²) in [4.78, 5) is 58.8. The molecule has 3 heterocycles. The Morgan fingerprint density at radius 1 is 1.07 bits per heavy atom. The van der Waals surface area contributed by atoms with Gasteiger partial charge in [-0.15, -0.1) is 0 Å². The van der Waals surface area contributed by atoms with Gasteiger partial charge in [-0.3, -0.25) is 19.2 Å². The van der Waals surface area contributed by atoms with Gasteiger partial charge >= 0.3 is 0 Å². The van der Waals surface area contributed by atoms with Gasteiger partial charge in [0, 0.05) is 54.5 Å². The van der Waals surface area contributed by atoms with Crippen molar-refractivity contribution in [2.45, 2.75) is 96.3 Å². The second kappa shape index (κ2) is 12.0. The van der Waals surface area contributed by atoms with Crippen molar-refractivity contribution in [3.05, 3.63) is 36.0 Å². The van der Waals surface area contributed by atoms with Gasteiger partial charge in [-0.2, -0.15) is 0 Å². The summed E-state index contributed by atoms with van der Waals surface area (Å²) in [6, 6.07) is 5.99. The molecule has 4 amide bonds. The highest BCUT2D eigenvalue weighted by atomic mass is 16.2. The maximum atomic E-state index is 14.2. The molecule has 9 heteroatoms. The number of hydrogen-bond acceptors (Lipinski definition) is 4. The minimum Gasteiger partial charge on any atom is -0.361 e. The van der Waals surface area contributed by atoms with Gasteiger partial charge in [0.05, 0.1) is 0 Å². The van der Waals surface area contributed by atoms with E-state index in [0.29, 0.717) is 19.3 Å². The highest BCUT2D eigenvalue weighted by Crippen LogP contribution is 2.29. The lowest BCUT2D eigenvalue weighted by Gasteiger charge is -2.30. The van der Waals surface area contributed by atoms with Crippen LogP contribution in [0.3, 0.4) is 0 Å². The van der Waals surface area contributed by atoms with E-state index in [-0.39, 0.29) is 60.0 Å². The topological polar surface area (TPSA) is 123 Å². The molecule has 9 nitrogen and oxygen atoms in total. The number of nitrogens with one attached hydrogen (secondary N) is 4. The van der Waals surface area contributed by atoms with Crippen molar-refractivity contribution in [1.82, 2.24) is 25.8 Å². The third-order valence-corrected chi connectivity index (χ3v) is 9.08. The number of amides is 4. The number of para-hydroxylation sites is 1. The summed E-state index contributed by atoms with van der Waals surface area (Å²) in [7, 11) is 0. The number of aromatic amines is 1. The monoisotopic (exact) mass is 549 g/mol. The van der Waals surface area contributed by atoms with E-state index in [1.165, 1.54) is 0 Å². The Morgan fingerprint density at radius 3 is 2.58 bits per heavy atom. The first kappa shape index (κ1) is 28.2. The van der Waals surface area contributed by atoms with E-state index in [1.54, 1.807) is 4.90 Å². The van der Waals surface area contributed by atoms with E-state index >= 15 is 0 Å². The van der Waals surface area contributed by atoms with Crippen LogP contribution in [0, 0.1) is 17.8 Å². The Balaban J connectivity index is 1.44. The predicted molar refractivity (Wildman–Crippen MR) is 153 cm³/mol. The summed E-state index contributed by atoms with van der Waals surface area (Å²) in [6.07, 6.45) is 7.27. The maximum absolute atomic E-state index is 14.2. The quantitative estimate of drug-likeness (QED) is 0.458. The Morgan fingerprint density at radius 2 is 1.85 bits per heavy atom. The van der Waals surface area contributed by atoms with Crippen molar-refractivity contribution >= 4 is 34.5 Å². The van der Waals surface area contributed by atoms with E-state index in [2.05, 4.69) is 34.8 Å². The second-order valence-electron chi connectivity index (χ2n) is 12.5. The lowest BCUT2D eigenvalue weighted by atomic mass is 9.84. The van der Waals surface area contributed by atoms with Gasteiger partial charge < -0.3 is 25.8 Å². The molecular formula is C31H43N5O4. The molecular weight excluding hydrogens is 506 g/mol. The van der Waals surface area contributed by atoms with Gasteiger partial charge in [0.2, 0.25) is 23.6 Å². The molecule has 2 aliphatic heterocycles. The van der Waals surface area contributed by atoms with E-state index in [0.717, 1.165) is 48.6 Å². The van der Waals surface area contributed by atoms with Gasteiger partial charge in [0.15, 0.2) is 0 Å². The predicted octanol–water partition coefficient (Wildman–Crippen LogP) is 3.04.